The predicted octanol–water partition coefficient (Wildman–Crippen LogP) is 0.539. The van der Waals surface area contributed by atoms with E-state index in [9.17, 15) is 0 Å². The highest BCUT2D eigenvalue weighted by atomic mass is 16.4. The normalized spacial score (nSPS) is 26.1. The molecule has 0 radical (unpaired) electrons. The Kier molecular flexibility index (Phi) is 4.23. The third-order valence-corrected chi connectivity index (χ3v) is 3.90. The van der Waals surface area contributed by atoms with Crippen molar-refractivity contribution in [3.05, 3.63) is 0 Å². The number of rotatable bonds is 5. The van der Waals surface area contributed by atoms with Crippen molar-refractivity contribution in [2.75, 3.05) is 32.7 Å². The molecule has 5 heteroatoms. The van der Waals surface area contributed by atoms with Crippen molar-refractivity contribution in [1.29, 1.82) is 0 Å². The molecule has 1 unspecified atom stereocenters. The topological polar surface area (TPSA) is 65.1 Å². The molecule has 1 saturated carbocycles. The molecule has 2 rings (SSSR count). The van der Waals surface area contributed by atoms with Gasteiger partial charge in [0.15, 0.2) is 5.84 Å². The molecule has 0 spiro atoms. The molecule has 1 aliphatic carbocycles. The minimum Gasteiger partial charge on any atom is -0.409 e. The Balaban J connectivity index is 1.79. The van der Waals surface area contributed by atoms with E-state index in [1.807, 2.05) is 0 Å². The molecular formula is C12H24N4O. The summed E-state index contributed by atoms with van der Waals surface area (Å²) in [6, 6.07) is 0.100. The summed E-state index contributed by atoms with van der Waals surface area (Å²) in [7, 11) is 0. The van der Waals surface area contributed by atoms with E-state index in [0.717, 1.165) is 38.5 Å². The van der Waals surface area contributed by atoms with Crippen LogP contribution in [0.25, 0.3) is 0 Å². The van der Waals surface area contributed by atoms with Crippen molar-refractivity contribution < 1.29 is 5.21 Å². The van der Waals surface area contributed by atoms with Crippen LogP contribution in [0.5, 0.6) is 0 Å². The van der Waals surface area contributed by atoms with Gasteiger partial charge in [-0.2, -0.15) is 0 Å². The number of hydrogen-bond donors (Lipinski definition) is 2. The van der Waals surface area contributed by atoms with Crippen LogP contribution < -0.4 is 5.73 Å². The summed E-state index contributed by atoms with van der Waals surface area (Å²) in [4.78, 5) is 4.88. The first kappa shape index (κ1) is 12.6. The fourth-order valence-electron chi connectivity index (χ4n) is 2.64. The van der Waals surface area contributed by atoms with Gasteiger partial charge in [-0.05, 0) is 25.2 Å². The van der Waals surface area contributed by atoms with Crippen molar-refractivity contribution in [2.24, 2.45) is 16.8 Å². The van der Waals surface area contributed by atoms with Crippen LogP contribution in [0.15, 0.2) is 5.16 Å². The highest BCUT2D eigenvalue weighted by molar-refractivity contribution is 5.85. The lowest BCUT2D eigenvalue weighted by Crippen LogP contribution is -2.54. The van der Waals surface area contributed by atoms with Crippen molar-refractivity contribution >= 4 is 5.84 Å². The summed E-state index contributed by atoms with van der Waals surface area (Å²) in [5.74, 6) is 1.32. The number of piperazine rings is 1. The van der Waals surface area contributed by atoms with E-state index in [4.69, 9.17) is 10.9 Å². The van der Waals surface area contributed by atoms with E-state index >= 15 is 0 Å². The largest absolute Gasteiger partial charge is 0.409 e. The first-order valence-electron chi connectivity index (χ1n) is 6.68. The third kappa shape index (κ3) is 3.33. The molecule has 98 valence electrons. The van der Waals surface area contributed by atoms with Gasteiger partial charge in [0.2, 0.25) is 0 Å². The van der Waals surface area contributed by atoms with E-state index < -0.39 is 0 Å². The van der Waals surface area contributed by atoms with Crippen LogP contribution in [0.4, 0.5) is 0 Å². The first-order chi connectivity index (χ1) is 8.24. The molecule has 0 bridgehead atoms. The fourth-order valence-corrected chi connectivity index (χ4v) is 2.64. The Labute approximate surface area is 103 Å². The molecule has 0 aromatic rings. The summed E-state index contributed by atoms with van der Waals surface area (Å²) >= 11 is 0. The van der Waals surface area contributed by atoms with Gasteiger partial charge in [0.1, 0.15) is 0 Å². The average Bonchev–Trinajstić information content (AvgIpc) is 3.16. The summed E-state index contributed by atoms with van der Waals surface area (Å²) in [6.07, 6.45) is 3.74. The van der Waals surface area contributed by atoms with Gasteiger partial charge in [-0.15, -0.1) is 0 Å². The van der Waals surface area contributed by atoms with Crippen LogP contribution in [0.2, 0.25) is 0 Å². The lowest BCUT2D eigenvalue weighted by atomic mass is 10.1. The Bertz CT molecular complexity index is 270. The van der Waals surface area contributed by atoms with Gasteiger partial charge in [-0.1, -0.05) is 12.1 Å². The van der Waals surface area contributed by atoms with Gasteiger partial charge >= 0.3 is 0 Å². The fraction of sp³-hybridized carbons (Fsp3) is 0.917. The number of nitrogens with zero attached hydrogens (tertiary/aromatic N) is 3. The highest BCUT2D eigenvalue weighted by Gasteiger charge is 2.29. The molecule has 1 atom stereocenters. The van der Waals surface area contributed by atoms with Crippen LogP contribution in [0.1, 0.15) is 26.2 Å². The minimum atomic E-state index is 0.100. The molecular weight excluding hydrogens is 216 g/mol. The molecule has 17 heavy (non-hydrogen) atoms. The third-order valence-electron chi connectivity index (χ3n) is 3.90. The lowest BCUT2D eigenvalue weighted by molar-refractivity contribution is 0.111. The molecule has 2 fully saturated rings. The Morgan fingerprint density at radius 2 is 2.00 bits per heavy atom. The van der Waals surface area contributed by atoms with Crippen LogP contribution in [-0.2, 0) is 0 Å². The van der Waals surface area contributed by atoms with Gasteiger partial charge in [0.25, 0.3) is 0 Å². The zero-order valence-electron chi connectivity index (χ0n) is 10.7. The van der Waals surface area contributed by atoms with E-state index in [1.54, 1.807) is 0 Å². The second kappa shape index (κ2) is 5.69. The minimum absolute atomic E-state index is 0.100. The van der Waals surface area contributed by atoms with Crippen molar-refractivity contribution in [2.45, 2.75) is 32.2 Å². The van der Waals surface area contributed by atoms with Crippen molar-refractivity contribution in [3.8, 4) is 0 Å². The van der Waals surface area contributed by atoms with E-state index in [1.165, 1.54) is 19.4 Å². The summed E-state index contributed by atoms with van der Waals surface area (Å²) < 4.78 is 0. The van der Waals surface area contributed by atoms with Crippen molar-refractivity contribution in [1.82, 2.24) is 9.80 Å². The number of oxime groups is 1. The van der Waals surface area contributed by atoms with Gasteiger partial charge in [-0.3, -0.25) is 4.90 Å². The summed E-state index contributed by atoms with van der Waals surface area (Å²) in [5.41, 5.74) is 5.73. The molecule has 5 nitrogen and oxygen atoms in total. The maximum atomic E-state index is 8.77. The molecule has 1 aliphatic heterocycles. The summed E-state index contributed by atoms with van der Waals surface area (Å²) in [6.45, 7) is 7.65. The zero-order valence-corrected chi connectivity index (χ0v) is 10.7. The van der Waals surface area contributed by atoms with Crippen LogP contribution in [-0.4, -0.2) is 59.6 Å². The smallest absolute Gasteiger partial charge is 0.156 e. The number of hydrogen-bond acceptors (Lipinski definition) is 4. The van der Waals surface area contributed by atoms with Crippen LogP contribution in [0, 0.1) is 5.92 Å². The average molecular weight is 240 g/mol. The molecule has 0 aromatic heterocycles. The second-order valence-corrected chi connectivity index (χ2v) is 5.23. The van der Waals surface area contributed by atoms with Gasteiger partial charge in [0, 0.05) is 32.7 Å². The number of nitrogens with two attached hydrogens (primary N) is 1. The zero-order chi connectivity index (χ0) is 12.3. The van der Waals surface area contributed by atoms with E-state index in [2.05, 4.69) is 21.9 Å². The quantitative estimate of drug-likeness (QED) is 0.318. The maximum Gasteiger partial charge on any atom is 0.156 e. The van der Waals surface area contributed by atoms with Gasteiger partial charge in [0.05, 0.1) is 6.04 Å². The summed E-state index contributed by atoms with van der Waals surface area (Å²) in [5, 5.41) is 11.9. The number of amidine groups is 1. The van der Waals surface area contributed by atoms with Gasteiger partial charge < -0.3 is 15.8 Å². The molecule has 0 aromatic carbocycles. The Morgan fingerprint density at radius 1 is 1.35 bits per heavy atom. The maximum absolute atomic E-state index is 8.77. The second-order valence-electron chi connectivity index (χ2n) is 5.23. The highest BCUT2D eigenvalue weighted by Crippen LogP contribution is 2.30. The monoisotopic (exact) mass is 240 g/mol. The molecule has 2 aliphatic rings. The predicted molar refractivity (Wildman–Crippen MR) is 68.2 cm³/mol. The van der Waals surface area contributed by atoms with Crippen LogP contribution in [0.3, 0.4) is 0 Å². The SMILES string of the molecule is CCC(C(N)=NO)N1CCN(CC2CC2)CC1. The lowest BCUT2D eigenvalue weighted by Gasteiger charge is -2.38. The molecule has 1 saturated heterocycles. The van der Waals surface area contributed by atoms with Crippen molar-refractivity contribution in [3.63, 3.8) is 0 Å². The van der Waals surface area contributed by atoms with E-state index in [0.29, 0.717) is 5.84 Å². The molecule has 3 N–H and O–H groups in total. The van der Waals surface area contributed by atoms with E-state index in [-0.39, 0.29) is 6.04 Å². The Hall–Kier alpha value is -0.810. The Morgan fingerprint density at radius 3 is 2.47 bits per heavy atom. The van der Waals surface area contributed by atoms with Crippen LogP contribution >= 0.6 is 0 Å². The van der Waals surface area contributed by atoms with Gasteiger partial charge in [-0.25, -0.2) is 0 Å². The molecule has 1 heterocycles. The first-order valence-corrected chi connectivity index (χ1v) is 6.68. The molecule has 0 amide bonds. The standard InChI is InChI=1S/C12H24N4O/c1-2-11(12(13)14-17)16-7-5-15(6-8-16)9-10-3-4-10/h10-11,17H,2-9H2,1H3,(H2,13,14).